The number of fused-ring (bicyclic) bond motifs is 3. The van der Waals surface area contributed by atoms with Crippen molar-refractivity contribution in [1.82, 2.24) is 0 Å². The van der Waals surface area contributed by atoms with Gasteiger partial charge in [0.05, 0.1) is 5.69 Å². The Balaban J connectivity index is 1.87. The van der Waals surface area contributed by atoms with Gasteiger partial charge < -0.3 is 4.90 Å². The summed E-state index contributed by atoms with van der Waals surface area (Å²) in [5.41, 5.74) is 13.5. The molecule has 0 aliphatic heterocycles. The summed E-state index contributed by atoms with van der Waals surface area (Å²) < 4.78 is 0. The molecule has 38 heavy (non-hydrogen) atoms. The van der Waals surface area contributed by atoms with E-state index >= 15 is 0 Å². The molecule has 1 aliphatic carbocycles. The van der Waals surface area contributed by atoms with Crippen LogP contribution in [0.1, 0.15) is 96.4 Å². The topological polar surface area (TPSA) is 3.24 Å². The van der Waals surface area contributed by atoms with Crippen LogP contribution < -0.4 is 4.90 Å². The monoisotopic (exact) mass is 501 g/mol. The second-order valence-corrected chi connectivity index (χ2v) is 13.1. The zero-order valence-electron chi connectivity index (χ0n) is 24.7. The van der Waals surface area contributed by atoms with E-state index in [1.165, 1.54) is 55.9 Å². The van der Waals surface area contributed by atoms with Gasteiger partial charge in [-0.15, -0.1) is 0 Å². The molecule has 0 saturated carbocycles. The minimum absolute atomic E-state index is 0.00824. The van der Waals surface area contributed by atoms with Crippen molar-refractivity contribution in [1.29, 1.82) is 0 Å². The van der Waals surface area contributed by atoms with Crippen LogP contribution >= 0.6 is 0 Å². The predicted octanol–water partition coefficient (Wildman–Crippen LogP) is 10.8. The van der Waals surface area contributed by atoms with Gasteiger partial charge in [-0.1, -0.05) is 120 Å². The van der Waals surface area contributed by atoms with Crippen LogP contribution in [0.25, 0.3) is 22.3 Å². The van der Waals surface area contributed by atoms with E-state index in [1.54, 1.807) is 0 Å². The average molecular weight is 502 g/mol. The molecule has 0 unspecified atom stereocenters. The summed E-state index contributed by atoms with van der Waals surface area (Å²) >= 11 is 0. The Bertz CT molecular complexity index is 1460. The summed E-state index contributed by atoms with van der Waals surface area (Å²) in [4.78, 5) is 2.65. The third-order valence-corrected chi connectivity index (χ3v) is 8.26. The van der Waals surface area contributed by atoms with Gasteiger partial charge in [-0.3, -0.25) is 0 Å². The maximum atomic E-state index is 2.65. The van der Waals surface area contributed by atoms with E-state index in [0.29, 0.717) is 11.8 Å². The Labute approximate surface area is 230 Å². The van der Waals surface area contributed by atoms with E-state index in [4.69, 9.17) is 0 Å². The first-order valence-electron chi connectivity index (χ1n) is 14.2. The van der Waals surface area contributed by atoms with Crippen LogP contribution in [0.2, 0.25) is 0 Å². The minimum atomic E-state index is -0.139. The molecule has 0 aromatic heterocycles. The predicted molar refractivity (Wildman–Crippen MR) is 166 cm³/mol. The number of hydrogen-bond acceptors (Lipinski definition) is 1. The Kier molecular flexibility index (Phi) is 6.54. The van der Waals surface area contributed by atoms with E-state index in [0.717, 1.165) is 0 Å². The lowest BCUT2D eigenvalue weighted by molar-refractivity contribution is 0.555. The molecule has 0 saturated heterocycles. The van der Waals surface area contributed by atoms with E-state index in [-0.39, 0.29) is 11.0 Å². The van der Waals surface area contributed by atoms with Crippen LogP contribution in [0.15, 0.2) is 84.9 Å². The van der Waals surface area contributed by atoms with Gasteiger partial charge in [-0.25, -0.2) is 0 Å². The molecule has 0 fully saturated rings. The van der Waals surface area contributed by atoms with E-state index in [1.807, 2.05) is 0 Å². The van der Waals surface area contributed by atoms with Gasteiger partial charge in [0.25, 0.3) is 0 Å². The molecule has 0 atom stereocenters. The second kappa shape index (κ2) is 9.45. The molecule has 1 aliphatic rings. The zero-order chi connectivity index (χ0) is 27.4. The largest absolute Gasteiger partial charge is 0.335 e. The molecular formula is C37H43N. The molecular weight excluding hydrogens is 458 g/mol. The quantitative estimate of drug-likeness (QED) is 0.263. The fraction of sp³-hybridized carbons (Fsp3) is 0.351. The molecule has 0 radical (unpaired) electrons. The molecule has 0 bridgehead atoms. The SMILES string of the molecule is CC(C)c1cc2c(cc1N(c1c(-c3ccccc3)cccc1C(C)C)C(C)(C)C)-c1ccccc1C2(C)C. The lowest BCUT2D eigenvalue weighted by Crippen LogP contribution is -2.39. The van der Waals surface area contributed by atoms with Gasteiger partial charge in [0.1, 0.15) is 0 Å². The van der Waals surface area contributed by atoms with Crippen LogP contribution in [0.4, 0.5) is 11.4 Å². The summed E-state index contributed by atoms with van der Waals surface area (Å²) in [5, 5.41) is 0. The third kappa shape index (κ3) is 4.27. The van der Waals surface area contributed by atoms with Crippen LogP contribution in [0.5, 0.6) is 0 Å². The van der Waals surface area contributed by atoms with Crippen molar-refractivity contribution < 1.29 is 0 Å². The molecule has 0 spiro atoms. The molecule has 1 nitrogen and oxygen atoms in total. The van der Waals surface area contributed by atoms with Crippen LogP contribution in [-0.4, -0.2) is 5.54 Å². The zero-order valence-corrected chi connectivity index (χ0v) is 24.7. The van der Waals surface area contributed by atoms with Crippen molar-refractivity contribution >= 4 is 11.4 Å². The number of hydrogen-bond donors (Lipinski definition) is 0. The molecule has 0 amide bonds. The van der Waals surface area contributed by atoms with Gasteiger partial charge in [0.15, 0.2) is 0 Å². The number of nitrogens with zero attached hydrogens (tertiary/aromatic N) is 1. The maximum absolute atomic E-state index is 2.65. The first-order valence-corrected chi connectivity index (χ1v) is 14.2. The molecule has 0 heterocycles. The summed E-state index contributed by atoms with van der Waals surface area (Å²) in [7, 11) is 0. The standard InChI is InChI=1S/C37H43N/c1-24(2)27-19-15-20-28(26-16-11-10-12-17-26)35(27)38(36(5,6)7)34-23-31-29-18-13-14-21-32(29)37(8,9)33(31)22-30(34)25(3)4/h10-25H,1-9H3. The minimum Gasteiger partial charge on any atom is -0.335 e. The average Bonchev–Trinajstić information content (AvgIpc) is 3.09. The highest BCUT2D eigenvalue weighted by atomic mass is 15.2. The van der Waals surface area contributed by atoms with Crippen molar-refractivity contribution in [2.75, 3.05) is 4.90 Å². The number of benzene rings is 4. The van der Waals surface area contributed by atoms with E-state index in [9.17, 15) is 0 Å². The highest BCUT2D eigenvalue weighted by Gasteiger charge is 2.38. The van der Waals surface area contributed by atoms with Gasteiger partial charge in [0.2, 0.25) is 0 Å². The first kappa shape index (κ1) is 26.3. The third-order valence-electron chi connectivity index (χ3n) is 8.26. The van der Waals surface area contributed by atoms with E-state index in [2.05, 4.69) is 152 Å². The molecule has 0 N–H and O–H groups in total. The van der Waals surface area contributed by atoms with Crippen molar-refractivity contribution in [2.45, 2.75) is 85.1 Å². The molecule has 196 valence electrons. The number of rotatable bonds is 5. The first-order chi connectivity index (χ1) is 17.9. The Hall–Kier alpha value is -3.32. The van der Waals surface area contributed by atoms with Crippen molar-refractivity contribution in [3.8, 4) is 22.3 Å². The van der Waals surface area contributed by atoms with Gasteiger partial charge >= 0.3 is 0 Å². The van der Waals surface area contributed by atoms with Crippen LogP contribution in [-0.2, 0) is 5.41 Å². The lowest BCUT2D eigenvalue weighted by Gasteiger charge is -2.43. The fourth-order valence-electron chi connectivity index (χ4n) is 6.35. The highest BCUT2D eigenvalue weighted by molar-refractivity contribution is 5.90. The van der Waals surface area contributed by atoms with Crippen molar-refractivity contribution in [3.63, 3.8) is 0 Å². The molecule has 4 aromatic rings. The Morgan fingerprint density at radius 3 is 1.84 bits per heavy atom. The number of anilines is 2. The normalized spacial score (nSPS) is 14.1. The van der Waals surface area contributed by atoms with Crippen molar-refractivity contribution in [3.05, 3.63) is 107 Å². The van der Waals surface area contributed by atoms with Gasteiger partial charge in [-0.2, -0.15) is 0 Å². The summed E-state index contributed by atoms with van der Waals surface area (Å²) in [6.07, 6.45) is 0. The maximum Gasteiger partial charge on any atom is 0.0530 e. The lowest BCUT2D eigenvalue weighted by atomic mass is 9.80. The van der Waals surface area contributed by atoms with Crippen molar-refractivity contribution in [2.24, 2.45) is 0 Å². The van der Waals surface area contributed by atoms with Gasteiger partial charge in [-0.05, 0) is 77.6 Å². The summed E-state index contributed by atoms with van der Waals surface area (Å²) in [5.74, 6) is 0.793. The summed E-state index contributed by atoms with van der Waals surface area (Å²) in [6, 6.07) is 31.8. The van der Waals surface area contributed by atoms with Crippen LogP contribution in [0, 0.1) is 0 Å². The highest BCUT2D eigenvalue weighted by Crippen LogP contribution is 2.53. The molecule has 4 aromatic carbocycles. The van der Waals surface area contributed by atoms with E-state index < -0.39 is 0 Å². The van der Waals surface area contributed by atoms with Gasteiger partial charge in [0, 0.05) is 22.2 Å². The fourth-order valence-corrected chi connectivity index (χ4v) is 6.35. The van der Waals surface area contributed by atoms with Crippen LogP contribution in [0.3, 0.4) is 0 Å². The Morgan fingerprint density at radius 1 is 0.605 bits per heavy atom. The number of para-hydroxylation sites is 1. The Morgan fingerprint density at radius 2 is 1.21 bits per heavy atom. The summed E-state index contributed by atoms with van der Waals surface area (Å²) in [6.45, 7) is 21.1. The smallest absolute Gasteiger partial charge is 0.0530 e. The molecule has 5 rings (SSSR count). The molecule has 1 heteroatoms. The second-order valence-electron chi connectivity index (χ2n) is 13.1.